The molecule has 0 aliphatic heterocycles. The molecule has 0 saturated heterocycles. The summed E-state index contributed by atoms with van der Waals surface area (Å²) in [5, 5.41) is 0.962. The molecule has 0 atom stereocenters. The van der Waals surface area contributed by atoms with Crippen LogP contribution in [0.25, 0.3) is 11.0 Å². The molecule has 0 bridgehead atoms. The van der Waals surface area contributed by atoms with E-state index in [1.54, 1.807) is 0 Å². The molecule has 0 fully saturated rings. The van der Waals surface area contributed by atoms with Gasteiger partial charge in [0.15, 0.2) is 0 Å². The van der Waals surface area contributed by atoms with Crippen LogP contribution in [0.1, 0.15) is 13.8 Å². The Morgan fingerprint density at radius 3 is 2.38 bits per heavy atom. The molecule has 1 amide bonds. The van der Waals surface area contributed by atoms with Gasteiger partial charge in [-0.3, -0.25) is 4.79 Å². The van der Waals surface area contributed by atoms with Crippen LogP contribution < -0.4 is 16.3 Å². The van der Waals surface area contributed by atoms with E-state index in [2.05, 4.69) is 5.73 Å². The van der Waals surface area contributed by atoms with Crippen molar-refractivity contribution in [1.82, 2.24) is 0 Å². The van der Waals surface area contributed by atoms with E-state index in [0.29, 0.717) is 15.7 Å². The Morgan fingerprint density at radius 1 is 1.29 bits per heavy atom. The molecule has 0 spiro atoms. The fourth-order valence-corrected chi connectivity index (χ4v) is 1.84. The van der Waals surface area contributed by atoms with Crippen LogP contribution in [0.15, 0.2) is 39.5 Å². The van der Waals surface area contributed by atoms with E-state index in [-0.39, 0.29) is 11.5 Å². The monoisotopic (exact) mass is 402 g/mol. The number of nitrogens with zero attached hydrogens (tertiary/aromatic N) is 1. The molecule has 0 unspecified atom stereocenters. The molecule has 5 nitrogen and oxygen atoms in total. The Labute approximate surface area is 137 Å². The summed E-state index contributed by atoms with van der Waals surface area (Å²) in [4.78, 5) is 23.4. The lowest BCUT2D eigenvalue weighted by molar-refractivity contribution is -0.115. The molecule has 1 aromatic heterocycles. The second-order valence-electron chi connectivity index (χ2n) is 4.23. The molecule has 1 heterocycles. The van der Waals surface area contributed by atoms with Crippen molar-refractivity contribution in [3.8, 4) is 0 Å². The second kappa shape index (κ2) is 8.66. The van der Waals surface area contributed by atoms with Crippen LogP contribution in [0.3, 0.4) is 0 Å². The van der Waals surface area contributed by atoms with Crippen LogP contribution in [-0.2, 0) is 4.79 Å². The highest BCUT2D eigenvalue weighted by Gasteiger charge is 2.09. The maximum atomic E-state index is 11.8. The SMILES string of the molecule is CCN(CC)c1cc2ccccc2oc1=O.NC(=O)CI. The first kappa shape index (κ1) is 17.5. The highest BCUT2D eigenvalue weighted by atomic mass is 127. The van der Waals surface area contributed by atoms with Gasteiger partial charge < -0.3 is 15.1 Å². The first-order valence-electron chi connectivity index (χ1n) is 6.65. The third kappa shape index (κ3) is 5.04. The molecule has 2 aromatic rings. The van der Waals surface area contributed by atoms with Crippen LogP contribution in [0.5, 0.6) is 0 Å². The maximum Gasteiger partial charge on any atom is 0.360 e. The average molecular weight is 402 g/mol. The molecule has 0 saturated carbocycles. The summed E-state index contributed by atoms with van der Waals surface area (Å²) in [5.74, 6) is -0.259. The van der Waals surface area contributed by atoms with Gasteiger partial charge in [-0.2, -0.15) is 0 Å². The van der Waals surface area contributed by atoms with Crippen LogP contribution >= 0.6 is 22.6 Å². The third-order valence-corrected chi connectivity index (χ3v) is 3.61. The number of alkyl halides is 1. The lowest BCUT2D eigenvalue weighted by Crippen LogP contribution is -2.27. The van der Waals surface area contributed by atoms with Crippen molar-refractivity contribution >= 4 is 45.2 Å². The van der Waals surface area contributed by atoms with Crippen molar-refractivity contribution in [2.24, 2.45) is 5.73 Å². The minimum Gasteiger partial charge on any atom is -0.421 e. The number of anilines is 1. The summed E-state index contributed by atoms with van der Waals surface area (Å²) >= 11 is 1.90. The van der Waals surface area contributed by atoms with Crippen molar-refractivity contribution in [3.63, 3.8) is 0 Å². The fourth-order valence-electron chi connectivity index (χ4n) is 1.84. The standard InChI is InChI=1S/C13H15NO2.C2H4INO/c1-3-14(4-2)11-9-10-7-5-6-8-12(10)16-13(11)15;3-1-2(4)5/h5-9H,3-4H2,1-2H3;1H2,(H2,4,5). The fraction of sp³-hybridized carbons (Fsp3) is 0.333. The lowest BCUT2D eigenvalue weighted by Gasteiger charge is -2.19. The van der Waals surface area contributed by atoms with Crippen molar-refractivity contribution in [1.29, 1.82) is 0 Å². The predicted octanol–water partition coefficient (Wildman–Crippen LogP) is 2.55. The van der Waals surface area contributed by atoms with Gasteiger partial charge in [0.1, 0.15) is 11.3 Å². The molecule has 21 heavy (non-hydrogen) atoms. The molecule has 0 aliphatic carbocycles. The number of hydrogen-bond acceptors (Lipinski definition) is 4. The number of primary amides is 1. The number of para-hydroxylation sites is 1. The number of halogens is 1. The third-order valence-electron chi connectivity index (χ3n) is 2.86. The van der Waals surface area contributed by atoms with E-state index in [4.69, 9.17) is 4.42 Å². The van der Waals surface area contributed by atoms with Gasteiger partial charge in [0.25, 0.3) is 0 Å². The lowest BCUT2D eigenvalue weighted by atomic mass is 10.2. The molecular weight excluding hydrogens is 383 g/mol. The topological polar surface area (TPSA) is 76.5 Å². The van der Waals surface area contributed by atoms with Crippen molar-refractivity contribution in [3.05, 3.63) is 40.8 Å². The molecule has 0 aliphatic rings. The van der Waals surface area contributed by atoms with Gasteiger partial charge in [-0.25, -0.2) is 4.79 Å². The number of benzene rings is 1. The Bertz CT molecular complexity index is 651. The van der Waals surface area contributed by atoms with E-state index in [9.17, 15) is 9.59 Å². The molecular formula is C15H19IN2O3. The number of nitrogens with two attached hydrogens (primary N) is 1. The first-order chi connectivity index (χ1) is 10.0. The van der Waals surface area contributed by atoms with Crippen LogP contribution in [0.2, 0.25) is 0 Å². The quantitative estimate of drug-likeness (QED) is 0.485. The zero-order valence-corrected chi connectivity index (χ0v) is 14.3. The first-order valence-corrected chi connectivity index (χ1v) is 8.18. The Morgan fingerprint density at radius 2 is 1.86 bits per heavy atom. The number of hydrogen-bond donors (Lipinski definition) is 1. The van der Waals surface area contributed by atoms with E-state index in [1.807, 2.05) is 71.7 Å². The molecule has 1 aromatic carbocycles. The molecule has 6 heteroatoms. The summed E-state index contributed by atoms with van der Waals surface area (Å²) in [6.45, 7) is 5.66. The van der Waals surface area contributed by atoms with Crippen LogP contribution in [-0.4, -0.2) is 23.4 Å². The van der Waals surface area contributed by atoms with E-state index >= 15 is 0 Å². The summed E-state index contributed by atoms with van der Waals surface area (Å²) < 4.78 is 5.69. The molecule has 0 radical (unpaired) electrons. The Kier molecular flexibility index (Phi) is 7.21. The van der Waals surface area contributed by atoms with Crippen LogP contribution in [0.4, 0.5) is 5.69 Å². The van der Waals surface area contributed by atoms with Crippen molar-refractivity contribution in [2.75, 3.05) is 22.4 Å². The molecule has 114 valence electrons. The van der Waals surface area contributed by atoms with Gasteiger partial charge >= 0.3 is 5.63 Å². The summed E-state index contributed by atoms with van der Waals surface area (Å²) in [7, 11) is 0. The van der Waals surface area contributed by atoms with Gasteiger partial charge in [0.05, 0.1) is 4.43 Å². The van der Waals surface area contributed by atoms with Crippen molar-refractivity contribution in [2.45, 2.75) is 13.8 Å². The molecule has 2 rings (SSSR count). The Hall–Kier alpha value is -1.57. The maximum absolute atomic E-state index is 11.8. The van der Waals surface area contributed by atoms with Crippen molar-refractivity contribution < 1.29 is 9.21 Å². The summed E-state index contributed by atoms with van der Waals surface area (Å²) in [5.41, 5.74) is 5.67. The van der Waals surface area contributed by atoms with E-state index in [1.165, 1.54) is 0 Å². The van der Waals surface area contributed by atoms with E-state index < -0.39 is 0 Å². The highest BCUT2D eigenvalue weighted by molar-refractivity contribution is 14.1. The minimum absolute atomic E-state index is 0.259. The van der Waals surface area contributed by atoms with Gasteiger partial charge in [-0.15, -0.1) is 0 Å². The Balaban J connectivity index is 0.000000383. The minimum atomic E-state index is -0.262. The second-order valence-corrected chi connectivity index (χ2v) is 4.99. The smallest absolute Gasteiger partial charge is 0.360 e. The van der Waals surface area contributed by atoms with Gasteiger partial charge in [0.2, 0.25) is 5.91 Å². The van der Waals surface area contributed by atoms with E-state index in [0.717, 1.165) is 18.5 Å². The largest absolute Gasteiger partial charge is 0.421 e. The number of amides is 1. The summed E-state index contributed by atoms with van der Waals surface area (Å²) in [6, 6.07) is 9.46. The average Bonchev–Trinajstić information content (AvgIpc) is 2.49. The molecule has 2 N–H and O–H groups in total. The zero-order chi connectivity index (χ0) is 15.8. The predicted molar refractivity (Wildman–Crippen MR) is 94.1 cm³/mol. The van der Waals surface area contributed by atoms with Gasteiger partial charge in [0, 0.05) is 18.5 Å². The number of carbonyl (C=O) groups excluding carboxylic acids is 1. The number of fused-ring (bicyclic) bond motifs is 1. The highest BCUT2D eigenvalue weighted by Crippen LogP contribution is 2.17. The summed E-state index contributed by atoms with van der Waals surface area (Å²) in [6.07, 6.45) is 0. The zero-order valence-electron chi connectivity index (χ0n) is 12.1. The van der Waals surface area contributed by atoms with Gasteiger partial charge in [-0.1, -0.05) is 40.8 Å². The van der Waals surface area contributed by atoms with Gasteiger partial charge in [-0.05, 0) is 26.0 Å². The number of rotatable bonds is 4. The number of carbonyl (C=O) groups is 1. The van der Waals surface area contributed by atoms with Crippen LogP contribution in [0, 0.1) is 0 Å². The normalized spacial score (nSPS) is 9.86.